The van der Waals surface area contributed by atoms with Crippen LogP contribution in [-0.2, 0) is 6.54 Å². The normalized spacial score (nSPS) is 11.2. The van der Waals surface area contributed by atoms with Crippen LogP contribution in [0.1, 0.15) is 41.8 Å². The fourth-order valence-electron chi connectivity index (χ4n) is 4.55. The Balaban J connectivity index is 1.43. The monoisotopic (exact) mass is 503 g/mol. The molecule has 0 bridgehead atoms. The van der Waals surface area contributed by atoms with Crippen molar-refractivity contribution in [2.75, 3.05) is 6.61 Å². The number of benzene rings is 4. The number of hydrogen-bond acceptors (Lipinski definition) is 3. The van der Waals surface area contributed by atoms with E-state index in [1.54, 1.807) is 0 Å². The number of carbonyl (C=O) groups excluding carboxylic acids is 1. The minimum Gasteiger partial charge on any atom is -0.493 e. The third kappa shape index (κ3) is 5.62. The maximum absolute atomic E-state index is 13.2. The summed E-state index contributed by atoms with van der Waals surface area (Å²) in [6.07, 6.45) is 3.01. The fourth-order valence-corrected chi connectivity index (χ4v) is 4.55. The summed E-state index contributed by atoms with van der Waals surface area (Å²) in [6.45, 7) is 7.51. The highest BCUT2D eigenvalue weighted by Gasteiger charge is 2.16. The molecular weight excluding hydrogens is 470 g/mol. The van der Waals surface area contributed by atoms with Crippen LogP contribution < -0.4 is 10.1 Å². The zero-order valence-corrected chi connectivity index (χ0v) is 22.1. The summed E-state index contributed by atoms with van der Waals surface area (Å²) >= 11 is 0. The molecular formula is C33H33N3O2. The lowest BCUT2D eigenvalue weighted by molar-refractivity contribution is 0.0952. The van der Waals surface area contributed by atoms with Crippen LogP contribution in [-0.4, -0.2) is 22.3 Å². The van der Waals surface area contributed by atoms with Gasteiger partial charge in [-0.05, 0) is 72.0 Å². The minimum atomic E-state index is -0.106. The van der Waals surface area contributed by atoms with Gasteiger partial charge >= 0.3 is 0 Å². The van der Waals surface area contributed by atoms with Crippen molar-refractivity contribution < 1.29 is 9.53 Å². The second-order valence-electron chi connectivity index (χ2n) is 10.0. The first kappa shape index (κ1) is 25.3. The highest BCUT2D eigenvalue weighted by Crippen LogP contribution is 2.29. The molecule has 1 heterocycles. The van der Waals surface area contributed by atoms with Gasteiger partial charge in [-0.3, -0.25) is 4.79 Å². The Hall–Kier alpha value is -4.38. The largest absolute Gasteiger partial charge is 0.493 e. The van der Waals surface area contributed by atoms with Crippen molar-refractivity contribution in [2.45, 2.75) is 33.7 Å². The van der Waals surface area contributed by atoms with Gasteiger partial charge in [0.1, 0.15) is 5.75 Å². The van der Waals surface area contributed by atoms with Gasteiger partial charge < -0.3 is 10.1 Å². The third-order valence-electron chi connectivity index (χ3n) is 6.69. The lowest BCUT2D eigenvalue weighted by Gasteiger charge is -2.12. The van der Waals surface area contributed by atoms with Gasteiger partial charge in [0.25, 0.3) is 5.91 Å². The molecule has 4 aromatic carbocycles. The average Bonchev–Trinajstić information content (AvgIpc) is 3.37. The van der Waals surface area contributed by atoms with Gasteiger partial charge in [0, 0.05) is 29.4 Å². The Bertz CT molecular complexity index is 1550. The number of ether oxygens (including phenoxy) is 1. The van der Waals surface area contributed by atoms with E-state index in [1.165, 1.54) is 0 Å². The Morgan fingerprint density at radius 1 is 0.947 bits per heavy atom. The van der Waals surface area contributed by atoms with E-state index in [-0.39, 0.29) is 5.91 Å². The number of fused-ring (bicyclic) bond motifs is 1. The lowest BCUT2D eigenvalue weighted by Crippen LogP contribution is -2.23. The molecule has 0 spiro atoms. The number of amides is 1. The summed E-state index contributed by atoms with van der Waals surface area (Å²) in [6, 6.07) is 29.9. The van der Waals surface area contributed by atoms with E-state index in [4.69, 9.17) is 9.84 Å². The van der Waals surface area contributed by atoms with Gasteiger partial charge in [0.15, 0.2) is 0 Å². The maximum Gasteiger partial charge on any atom is 0.252 e. The highest BCUT2D eigenvalue weighted by molar-refractivity contribution is 6.07. The second-order valence-corrected chi connectivity index (χ2v) is 10.0. The SMILES string of the molecule is Cc1cc(-c2nn(-c3ccccc3)cc2CNC(=O)c2cccc3ccccc23)ccc1OCCC(C)C. The first-order valence-corrected chi connectivity index (χ1v) is 13.1. The number of hydrogen-bond donors (Lipinski definition) is 1. The standard InChI is InChI=1S/C33H33N3O2/c1-23(2)18-19-38-31-17-16-26(20-24(31)3)32-27(22-36(35-32)28-12-5-4-6-13-28)21-34-33(37)30-15-9-11-25-10-7-8-14-29(25)30/h4-17,20,22-23H,18-19,21H2,1-3H3,(H,34,37). The molecule has 5 aromatic rings. The molecule has 0 saturated heterocycles. The minimum absolute atomic E-state index is 0.106. The number of aromatic nitrogens is 2. The van der Waals surface area contributed by atoms with E-state index >= 15 is 0 Å². The molecule has 0 aliphatic rings. The zero-order valence-electron chi connectivity index (χ0n) is 22.1. The molecule has 0 aliphatic heterocycles. The molecule has 5 heteroatoms. The molecule has 0 radical (unpaired) electrons. The average molecular weight is 504 g/mol. The van der Waals surface area contributed by atoms with Crippen molar-refractivity contribution in [3.8, 4) is 22.7 Å². The molecule has 192 valence electrons. The fraction of sp³-hybridized carbons (Fsp3) is 0.212. The summed E-state index contributed by atoms with van der Waals surface area (Å²) in [5.74, 6) is 1.39. The lowest BCUT2D eigenvalue weighted by atomic mass is 10.0. The number of carbonyl (C=O) groups is 1. The van der Waals surface area contributed by atoms with Crippen LogP contribution in [0.4, 0.5) is 0 Å². The van der Waals surface area contributed by atoms with Crippen molar-refractivity contribution >= 4 is 16.7 Å². The first-order chi connectivity index (χ1) is 18.5. The topological polar surface area (TPSA) is 56.2 Å². The Labute approximate surface area is 224 Å². The van der Waals surface area contributed by atoms with Crippen molar-refractivity contribution in [3.05, 3.63) is 114 Å². The van der Waals surface area contributed by atoms with Gasteiger partial charge in [0.2, 0.25) is 0 Å². The molecule has 0 fully saturated rings. The molecule has 0 unspecified atom stereocenters. The van der Waals surface area contributed by atoms with E-state index in [2.05, 4.69) is 32.2 Å². The van der Waals surface area contributed by atoms with Crippen LogP contribution in [0.5, 0.6) is 5.75 Å². The molecule has 0 atom stereocenters. The van der Waals surface area contributed by atoms with Gasteiger partial charge in [-0.2, -0.15) is 5.10 Å². The highest BCUT2D eigenvalue weighted by atomic mass is 16.5. The van der Waals surface area contributed by atoms with E-state index in [1.807, 2.05) is 95.8 Å². The molecule has 1 amide bonds. The van der Waals surface area contributed by atoms with Crippen molar-refractivity contribution in [1.82, 2.24) is 15.1 Å². The number of nitrogens with one attached hydrogen (secondary N) is 1. The number of para-hydroxylation sites is 1. The Kier molecular flexibility index (Phi) is 7.55. The van der Waals surface area contributed by atoms with Gasteiger partial charge in [-0.1, -0.05) is 68.4 Å². The predicted molar refractivity (Wildman–Crippen MR) is 154 cm³/mol. The smallest absolute Gasteiger partial charge is 0.252 e. The molecule has 0 saturated carbocycles. The van der Waals surface area contributed by atoms with E-state index < -0.39 is 0 Å². The maximum atomic E-state index is 13.2. The van der Waals surface area contributed by atoms with Gasteiger partial charge in [-0.15, -0.1) is 0 Å². The Morgan fingerprint density at radius 3 is 2.50 bits per heavy atom. The van der Waals surface area contributed by atoms with Crippen LogP contribution in [0.25, 0.3) is 27.7 Å². The number of rotatable bonds is 9. The van der Waals surface area contributed by atoms with Crippen molar-refractivity contribution in [2.24, 2.45) is 5.92 Å². The second kappa shape index (κ2) is 11.3. The van der Waals surface area contributed by atoms with E-state index in [0.29, 0.717) is 24.6 Å². The summed E-state index contributed by atoms with van der Waals surface area (Å²) < 4.78 is 7.90. The van der Waals surface area contributed by atoms with E-state index in [0.717, 1.165) is 51.0 Å². The summed E-state index contributed by atoms with van der Waals surface area (Å²) in [5.41, 5.74) is 5.46. The van der Waals surface area contributed by atoms with Gasteiger partial charge in [-0.25, -0.2) is 4.68 Å². The van der Waals surface area contributed by atoms with Crippen molar-refractivity contribution in [1.29, 1.82) is 0 Å². The molecule has 5 rings (SSSR count). The predicted octanol–water partition coefficient (Wildman–Crippen LogP) is 7.36. The number of aryl methyl sites for hydroxylation is 1. The molecule has 38 heavy (non-hydrogen) atoms. The number of nitrogens with zero attached hydrogens (tertiary/aromatic N) is 2. The van der Waals surface area contributed by atoms with Crippen LogP contribution in [0.3, 0.4) is 0 Å². The van der Waals surface area contributed by atoms with Crippen LogP contribution in [0.2, 0.25) is 0 Å². The summed E-state index contributed by atoms with van der Waals surface area (Å²) in [4.78, 5) is 13.2. The Morgan fingerprint density at radius 2 is 1.71 bits per heavy atom. The zero-order chi connectivity index (χ0) is 26.5. The van der Waals surface area contributed by atoms with Crippen LogP contribution in [0, 0.1) is 12.8 Å². The molecule has 1 aromatic heterocycles. The van der Waals surface area contributed by atoms with Crippen molar-refractivity contribution in [3.63, 3.8) is 0 Å². The molecule has 1 N–H and O–H groups in total. The van der Waals surface area contributed by atoms with Crippen LogP contribution in [0.15, 0.2) is 97.2 Å². The summed E-state index contributed by atoms with van der Waals surface area (Å²) in [5, 5.41) is 10.0. The first-order valence-electron chi connectivity index (χ1n) is 13.1. The molecule has 5 nitrogen and oxygen atoms in total. The van der Waals surface area contributed by atoms with Gasteiger partial charge in [0.05, 0.1) is 18.0 Å². The third-order valence-corrected chi connectivity index (χ3v) is 6.69. The molecule has 0 aliphatic carbocycles. The van der Waals surface area contributed by atoms with Crippen LogP contribution >= 0.6 is 0 Å². The summed E-state index contributed by atoms with van der Waals surface area (Å²) in [7, 11) is 0. The quantitative estimate of drug-likeness (QED) is 0.229. The van der Waals surface area contributed by atoms with E-state index in [9.17, 15) is 4.79 Å².